The molecule has 1 N–H and O–H groups in total. The molecule has 0 fully saturated rings. The van der Waals surface area contributed by atoms with Crippen molar-refractivity contribution < 1.29 is 4.79 Å². The highest BCUT2D eigenvalue weighted by Crippen LogP contribution is 2.23. The molecule has 0 unspecified atom stereocenters. The van der Waals surface area contributed by atoms with Crippen molar-refractivity contribution in [2.75, 3.05) is 0 Å². The van der Waals surface area contributed by atoms with Gasteiger partial charge in [-0.15, -0.1) is 0 Å². The second kappa shape index (κ2) is 7.59. The summed E-state index contributed by atoms with van der Waals surface area (Å²) in [6.07, 6.45) is 5.67. The standard InChI is InChI=1S/C20H21N3O/c1-16(24)22-21-13-7-10-18-15-23(14-17-8-3-2-4-9-17)20-12-6-5-11-19(18)20/h2-6,8-9,11-13,15H,7,10,14H2,1H3,(H,22,24). The van der Waals surface area contributed by atoms with E-state index < -0.39 is 0 Å². The molecular weight excluding hydrogens is 298 g/mol. The van der Waals surface area contributed by atoms with Crippen LogP contribution in [0.2, 0.25) is 0 Å². The van der Waals surface area contributed by atoms with Crippen LogP contribution in [0.15, 0.2) is 65.9 Å². The number of aromatic nitrogens is 1. The number of carbonyl (C=O) groups is 1. The van der Waals surface area contributed by atoms with E-state index in [4.69, 9.17) is 0 Å². The molecule has 122 valence electrons. The third-order valence-corrected chi connectivity index (χ3v) is 3.92. The van der Waals surface area contributed by atoms with Crippen molar-refractivity contribution in [2.45, 2.75) is 26.3 Å². The van der Waals surface area contributed by atoms with Crippen LogP contribution in [-0.2, 0) is 17.8 Å². The number of nitrogens with one attached hydrogen (secondary N) is 1. The Morgan fingerprint density at radius 2 is 1.88 bits per heavy atom. The Hall–Kier alpha value is -2.88. The summed E-state index contributed by atoms with van der Waals surface area (Å²) < 4.78 is 2.30. The maximum Gasteiger partial charge on any atom is 0.236 e. The first-order valence-electron chi connectivity index (χ1n) is 8.13. The van der Waals surface area contributed by atoms with Crippen molar-refractivity contribution in [3.05, 3.63) is 71.9 Å². The fraction of sp³-hybridized carbons (Fsp3) is 0.200. The molecule has 0 radical (unpaired) electrons. The van der Waals surface area contributed by atoms with E-state index in [0.717, 1.165) is 19.4 Å². The Bertz CT molecular complexity index is 850. The molecule has 1 amide bonds. The van der Waals surface area contributed by atoms with Crippen LogP contribution in [-0.4, -0.2) is 16.7 Å². The summed E-state index contributed by atoms with van der Waals surface area (Å²) in [6, 6.07) is 18.9. The van der Waals surface area contributed by atoms with Crippen molar-refractivity contribution >= 4 is 23.0 Å². The van der Waals surface area contributed by atoms with Crippen LogP contribution < -0.4 is 5.43 Å². The van der Waals surface area contributed by atoms with E-state index in [0.29, 0.717) is 0 Å². The maximum atomic E-state index is 10.8. The summed E-state index contributed by atoms with van der Waals surface area (Å²) in [4.78, 5) is 10.8. The summed E-state index contributed by atoms with van der Waals surface area (Å²) in [5.74, 6) is -0.147. The minimum atomic E-state index is -0.147. The molecule has 0 saturated heterocycles. The predicted octanol–water partition coefficient (Wildman–Crippen LogP) is 3.74. The highest BCUT2D eigenvalue weighted by Gasteiger charge is 2.07. The van der Waals surface area contributed by atoms with Gasteiger partial charge in [0.2, 0.25) is 5.91 Å². The average Bonchev–Trinajstić information content (AvgIpc) is 2.93. The van der Waals surface area contributed by atoms with Gasteiger partial charge in [0.1, 0.15) is 0 Å². The largest absolute Gasteiger partial charge is 0.343 e. The van der Waals surface area contributed by atoms with Crippen LogP contribution in [0.4, 0.5) is 0 Å². The number of hydrazone groups is 1. The second-order valence-electron chi connectivity index (χ2n) is 5.80. The van der Waals surface area contributed by atoms with Gasteiger partial charge < -0.3 is 4.57 Å². The molecule has 2 aromatic carbocycles. The lowest BCUT2D eigenvalue weighted by molar-refractivity contribution is -0.118. The van der Waals surface area contributed by atoms with Gasteiger partial charge in [-0.3, -0.25) is 4.79 Å². The second-order valence-corrected chi connectivity index (χ2v) is 5.80. The van der Waals surface area contributed by atoms with Crippen LogP contribution in [0.5, 0.6) is 0 Å². The summed E-state index contributed by atoms with van der Waals surface area (Å²) >= 11 is 0. The number of para-hydroxylation sites is 1. The summed E-state index contributed by atoms with van der Waals surface area (Å²) in [5.41, 5.74) is 6.27. The molecule has 0 bridgehead atoms. The Morgan fingerprint density at radius 1 is 1.12 bits per heavy atom. The Balaban J connectivity index is 1.79. The number of nitrogens with zero attached hydrogens (tertiary/aromatic N) is 2. The zero-order valence-corrected chi connectivity index (χ0v) is 13.8. The van der Waals surface area contributed by atoms with E-state index >= 15 is 0 Å². The third-order valence-electron chi connectivity index (χ3n) is 3.92. The van der Waals surface area contributed by atoms with Crippen molar-refractivity contribution in [3.8, 4) is 0 Å². The normalized spacial score (nSPS) is 11.2. The zero-order chi connectivity index (χ0) is 16.8. The highest BCUT2D eigenvalue weighted by molar-refractivity contribution is 5.84. The first kappa shape index (κ1) is 16.0. The number of carbonyl (C=O) groups excluding carboxylic acids is 1. The van der Waals surface area contributed by atoms with Gasteiger partial charge in [-0.05, 0) is 30.0 Å². The monoisotopic (exact) mass is 319 g/mol. The lowest BCUT2D eigenvalue weighted by Gasteiger charge is -2.05. The van der Waals surface area contributed by atoms with Gasteiger partial charge >= 0.3 is 0 Å². The average molecular weight is 319 g/mol. The number of amides is 1. The van der Waals surface area contributed by atoms with Crippen molar-refractivity contribution in [3.63, 3.8) is 0 Å². The van der Waals surface area contributed by atoms with E-state index in [1.54, 1.807) is 6.21 Å². The number of hydrogen-bond donors (Lipinski definition) is 1. The molecule has 4 heteroatoms. The molecule has 0 aliphatic rings. The van der Waals surface area contributed by atoms with E-state index in [9.17, 15) is 4.79 Å². The van der Waals surface area contributed by atoms with E-state index in [1.165, 1.54) is 29.0 Å². The fourth-order valence-electron chi connectivity index (χ4n) is 2.85. The molecule has 4 nitrogen and oxygen atoms in total. The molecule has 24 heavy (non-hydrogen) atoms. The molecule has 0 aliphatic heterocycles. The quantitative estimate of drug-likeness (QED) is 0.546. The zero-order valence-electron chi connectivity index (χ0n) is 13.8. The summed E-state index contributed by atoms with van der Waals surface area (Å²) in [6.45, 7) is 2.32. The van der Waals surface area contributed by atoms with Gasteiger partial charge in [-0.1, -0.05) is 48.5 Å². The molecule has 1 heterocycles. The van der Waals surface area contributed by atoms with Gasteiger partial charge in [0.25, 0.3) is 0 Å². The van der Waals surface area contributed by atoms with Crippen molar-refractivity contribution in [2.24, 2.45) is 5.10 Å². The highest BCUT2D eigenvalue weighted by atomic mass is 16.2. The smallest absolute Gasteiger partial charge is 0.236 e. The van der Waals surface area contributed by atoms with E-state index in [1.807, 2.05) is 6.07 Å². The minimum Gasteiger partial charge on any atom is -0.343 e. The first-order valence-corrected chi connectivity index (χ1v) is 8.13. The van der Waals surface area contributed by atoms with Crippen LogP contribution in [0.3, 0.4) is 0 Å². The molecule has 1 aromatic heterocycles. The molecular formula is C20H21N3O. The van der Waals surface area contributed by atoms with Gasteiger partial charge in [-0.25, -0.2) is 5.43 Å². The van der Waals surface area contributed by atoms with E-state index in [2.05, 4.69) is 69.8 Å². The molecule has 3 rings (SSSR count). The summed E-state index contributed by atoms with van der Waals surface area (Å²) in [7, 11) is 0. The maximum absolute atomic E-state index is 10.8. The molecule has 0 saturated carbocycles. The number of fused-ring (bicyclic) bond motifs is 1. The van der Waals surface area contributed by atoms with Crippen LogP contribution in [0.1, 0.15) is 24.5 Å². The van der Waals surface area contributed by atoms with Crippen molar-refractivity contribution in [1.82, 2.24) is 9.99 Å². The van der Waals surface area contributed by atoms with Crippen LogP contribution in [0, 0.1) is 0 Å². The number of benzene rings is 2. The lowest BCUT2D eigenvalue weighted by Crippen LogP contribution is -2.12. The number of rotatable bonds is 6. The lowest BCUT2D eigenvalue weighted by atomic mass is 10.1. The Morgan fingerprint density at radius 3 is 2.67 bits per heavy atom. The molecule has 0 aliphatic carbocycles. The van der Waals surface area contributed by atoms with Gasteiger partial charge in [-0.2, -0.15) is 5.10 Å². The molecule has 0 spiro atoms. The van der Waals surface area contributed by atoms with Gasteiger partial charge in [0, 0.05) is 36.8 Å². The topological polar surface area (TPSA) is 46.4 Å². The van der Waals surface area contributed by atoms with Gasteiger partial charge in [0.15, 0.2) is 0 Å². The number of aryl methyl sites for hydroxylation is 1. The minimum absolute atomic E-state index is 0.147. The predicted molar refractivity (Wildman–Crippen MR) is 98.1 cm³/mol. The van der Waals surface area contributed by atoms with Gasteiger partial charge in [0.05, 0.1) is 0 Å². The fourth-order valence-corrected chi connectivity index (χ4v) is 2.85. The summed E-state index contributed by atoms with van der Waals surface area (Å²) in [5, 5.41) is 5.19. The van der Waals surface area contributed by atoms with Crippen LogP contribution in [0.25, 0.3) is 10.9 Å². The van der Waals surface area contributed by atoms with Crippen molar-refractivity contribution in [1.29, 1.82) is 0 Å². The first-order chi connectivity index (χ1) is 11.7. The number of hydrogen-bond acceptors (Lipinski definition) is 2. The molecule has 3 aromatic rings. The Labute approximate surface area is 141 Å². The van der Waals surface area contributed by atoms with Crippen LogP contribution >= 0.6 is 0 Å². The SMILES string of the molecule is CC(=O)NN=CCCc1cn(Cc2ccccc2)c2ccccc12. The Kier molecular flexibility index (Phi) is 5.06. The van der Waals surface area contributed by atoms with E-state index in [-0.39, 0.29) is 5.91 Å². The third kappa shape index (κ3) is 3.90. The molecule has 0 atom stereocenters.